The number of hydrogen-bond acceptors (Lipinski definition) is 6. The molecule has 0 N–H and O–H groups in total. The first kappa shape index (κ1) is 86.0. The highest BCUT2D eigenvalue weighted by Gasteiger charge is 2.43. The zero-order chi connectivity index (χ0) is 98.0. The van der Waals surface area contributed by atoms with E-state index in [1.54, 1.807) is 0 Å². The second kappa shape index (κ2) is 34.9. The van der Waals surface area contributed by atoms with Crippen molar-refractivity contribution in [2.45, 2.75) is 0 Å². The summed E-state index contributed by atoms with van der Waals surface area (Å²) >= 11 is 3.79. The molecule has 8 heterocycles. The molecule has 0 fully saturated rings. The van der Waals surface area contributed by atoms with Crippen molar-refractivity contribution in [3.05, 3.63) is 504 Å². The van der Waals surface area contributed by atoms with Gasteiger partial charge in [-0.3, -0.25) is 0 Å². The predicted molar refractivity (Wildman–Crippen MR) is 628 cm³/mol. The topological polar surface area (TPSA) is 46.8 Å². The average Bonchev–Trinajstić information content (AvgIpc) is 1.37. The Morgan fingerprint density at radius 1 is 0.181 bits per heavy atom. The predicted octanol–water partition coefficient (Wildman–Crippen LogP) is 34.3. The Bertz CT molecular complexity index is 9960. The van der Waals surface area contributed by atoms with Gasteiger partial charge in [-0.25, -0.2) is 0 Å². The van der Waals surface area contributed by atoms with Crippen molar-refractivity contribution < 1.29 is 18.9 Å². The quantitative estimate of drug-likeness (QED) is 0.108. The Balaban J connectivity index is 0.000000139. The van der Waals surface area contributed by atoms with Gasteiger partial charge in [0.1, 0.15) is 46.0 Å². The molecule has 0 radical (unpaired) electrons. The molecular formula is C139H86B2N2O4S2. The molecule has 0 saturated heterocycles. The lowest BCUT2D eigenvalue weighted by molar-refractivity contribution is 0.464. The van der Waals surface area contributed by atoms with E-state index in [0.29, 0.717) is 0 Å². The largest absolute Gasteiger partial charge is 0.458 e. The molecule has 0 unspecified atom stereocenters. The number of aromatic nitrogens is 2. The summed E-state index contributed by atoms with van der Waals surface area (Å²) in [7, 11) is 2.29. The van der Waals surface area contributed by atoms with Crippen LogP contribution in [0.3, 0.4) is 0 Å². The molecule has 0 saturated carbocycles. The molecule has 0 atom stereocenters. The average molecular weight is 1930 g/mol. The van der Waals surface area contributed by atoms with E-state index in [0.717, 1.165) is 140 Å². The van der Waals surface area contributed by atoms with E-state index in [9.17, 15) is 0 Å². The molecule has 27 aromatic rings. The second-order valence-electron chi connectivity index (χ2n) is 39.3. The SMILES string of the molecule is Cn1c2c(-c3ccccc3-c3cc(-c4ccccc4)cc(-c4ccccc4)c3)cccc2c2c3sc4ccccc4c3cc(-c3ccccc3-c3cc(-c4ccccc4)cc(-c4ccccc4)c3)c21.c1ccc(-n2c3c(-c4ccccc4-c4cc5c6c(c4)Oc4ccccc4B6c4ccccc4O5)cccc3c3c4sc5ccccc5c4cc(-c4ccccc4-c4cc5c6c(c4)Oc4ccccc4B6c4ccccc4O5)c32)cc1. The summed E-state index contributed by atoms with van der Waals surface area (Å²) in [4.78, 5) is 0. The zero-order valence-corrected chi connectivity index (χ0v) is 82.6. The van der Waals surface area contributed by atoms with Crippen molar-refractivity contribution in [1.29, 1.82) is 0 Å². The molecule has 0 aliphatic carbocycles. The summed E-state index contributed by atoms with van der Waals surface area (Å²) < 4.78 is 37.7. The highest BCUT2D eigenvalue weighted by atomic mass is 32.1. The summed E-state index contributed by atoms with van der Waals surface area (Å²) in [6.07, 6.45) is 0. The van der Waals surface area contributed by atoms with Crippen LogP contribution >= 0.6 is 22.7 Å². The molecule has 694 valence electrons. The van der Waals surface area contributed by atoms with Gasteiger partial charge in [-0.15, -0.1) is 22.7 Å². The second-order valence-corrected chi connectivity index (χ2v) is 41.4. The minimum Gasteiger partial charge on any atom is -0.458 e. The molecule has 0 bridgehead atoms. The first-order chi connectivity index (χ1) is 73.8. The number of hydrogen-bond donors (Lipinski definition) is 0. The third-order valence-corrected chi connectivity index (χ3v) is 33.4. The van der Waals surface area contributed by atoms with Crippen molar-refractivity contribution in [3.63, 3.8) is 0 Å². The van der Waals surface area contributed by atoms with E-state index in [-0.39, 0.29) is 13.4 Å². The first-order valence-electron chi connectivity index (χ1n) is 51.0. The van der Waals surface area contributed by atoms with Gasteiger partial charge >= 0.3 is 0 Å². The fourth-order valence-electron chi connectivity index (χ4n) is 24.5. The number of ether oxygens (including phenoxy) is 4. The molecule has 23 aromatic carbocycles. The Labute approximate surface area is 869 Å². The lowest BCUT2D eigenvalue weighted by Gasteiger charge is -2.33. The van der Waals surface area contributed by atoms with Crippen molar-refractivity contribution >= 4 is 153 Å². The van der Waals surface area contributed by atoms with Crippen molar-refractivity contribution in [3.8, 4) is 185 Å². The Hall–Kier alpha value is -18.6. The van der Waals surface area contributed by atoms with Gasteiger partial charge in [0.15, 0.2) is 0 Å². The Morgan fingerprint density at radius 3 is 0.826 bits per heavy atom. The molecule has 4 aliphatic rings. The van der Waals surface area contributed by atoms with E-state index < -0.39 is 0 Å². The molecule has 6 nitrogen and oxygen atoms in total. The minimum atomic E-state index is -0.0156. The monoisotopic (exact) mass is 1930 g/mol. The lowest BCUT2D eigenvalue weighted by Crippen LogP contribution is -2.57. The van der Waals surface area contributed by atoms with E-state index in [1.807, 2.05) is 22.7 Å². The molecule has 31 rings (SSSR count). The van der Waals surface area contributed by atoms with Gasteiger partial charge in [0.25, 0.3) is 13.4 Å². The van der Waals surface area contributed by atoms with Gasteiger partial charge < -0.3 is 28.1 Å². The van der Waals surface area contributed by atoms with E-state index in [2.05, 4.69) is 520 Å². The van der Waals surface area contributed by atoms with Crippen molar-refractivity contribution in [2.24, 2.45) is 7.05 Å². The van der Waals surface area contributed by atoms with Gasteiger partial charge in [0.05, 0.1) is 22.1 Å². The fourth-order valence-corrected chi connectivity index (χ4v) is 27.0. The van der Waals surface area contributed by atoms with Gasteiger partial charge in [0, 0.05) is 108 Å². The van der Waals surface area contributed by atoms with Crippen LogP contribution in [0.1, 0.15) is 0 Å². The lowest BCUT2D eigenvalue weighted by atomic mass is 9.35. The number of aryl methyl sites for hydroxylation is 1. The maximum Gasteiger partial charge on any atom is 0.260 e. The van der Waals surface area contributed by atoms with Crippen molar-refractivity contribution in [2.75, 3.05) is 0 Å². The summed E-state index contributed by atoms with van der Waals surface area (Å²) in [5.74, 6) is 6.72. The number of thiophene rings is 2. The maximum atomic E-state index is 6.91. The highest BCUT2D eigenvalue weighted by Crippen LogP contribution is 2.56. The standard InChI is InChI=1S/C72H41B2NO4S.C67H45NS/c1-2-19-44(20-3-1)75-70-50(47-23-6-4-21-45(47)42-37-62-68-63(38-42)77-59-33-14-10-29-55(59)73(68)54-28-9-13-32-58(54)76-62)26-18-27-51(70)67-71(75)52(41-53-49-25-8-17-36-66(49)80-72(53)67)48-24-7-5-22-46(48)43-39-64-69-65(40-43)79-61-35-16-12-31-57(61)74(69)56-30-11-15-34-60(56)78-64;1-68-65-59(56-31-16-14-29-54(56)52-39-48(44-21-6-2-7-22-44)37-49(40-52)45-23-8-3-9-24-45)34-20-35-60(65)64-66(68)61(43-62-58-33-18-19-36-63(58)69-67(62)64)57-32-17-15-30-55(57)53-41-50(46-25-10-4-11-26-46)38-51(42-53)47-27-12-5-13-28-47/h1-41H;2-43H,1H3. The third kappa shape index (κ3) is 14.0. The molecule has 0 amide bonds. The molecule has 4 aromatic heterocycles. The van der Waals surface area contributed by atoms with Gasteiger partial charge in [-0.2, -0.15) is 0 Å². The smallest absolute Gasteiger partial charge is 0.260 e. The van der Waals surface area contributed by atoms with E-state index >= 15 is 0 Å². The zero-order valence-electron chi connectivity index (χ0n) is 80.9. The van der Waals surface area contributed by atoms with Crippen LogP contribution in [0.15, 0.2) is 504 Å². The van der Waals surface area contributed by atoms with E-state index in [4.69, 9.17) is 18.9 Å². The van der Waals surface area contributed by atoms with Crippen LogP contribution < -0.4 is 51.7 Å². The number of nitrogens with zero attached hydrogens (tertiary/aromatic N) is 2. The molecule has 4 aliphatic heterocycles. The highest BCUT2D eigenvalue weighted by molar-refractivity contribution is 7.27. The van der Waals surface area contributed by atoms with Crippen LogP contribution in [0.5, 0.6) is 46.0 Å². The molecular weight excluding hydrogens is 1850 g/mol. The summed E-state index contributed by atoms with van der Waals surface area (Å²) in [5, 5.41) is 10.0. The maximum absolute atomic E-state index is 6.91. The minimum absolute atomic E-state index is 0.0104. The normalized spacial score (nSPS) is 12.4. The summed E-state index contributed by atoms with van der Waals surface area (Å²) in [5.41, 5.74) is 40.4. The van der Waals surface area contributed by atoms with Crippen molar-refractivity contribution in [1.82, 2.24) is 9.13 Å². The number of para-hydroxylation sites is 7. The molecule has 149 heavy (non-hydrogen) atoms. The van der Waals surface area contributed by atoms with E-state index in [1.165, 1.54) is 162 Å². The summed E-state index contributed by atoms with van der Waals surface area (Å²) in [6, 6.07) is 183. The fraction of sp³-hybridized carbons (Fsp3) is 0.00719. The van der Waals surface area contributed by atoms with Crippen LogP contribution in [-0.2, 0) is 7.05 Å². The van der Waals surface area contributed by atoms with Gasteiger partial charge in [-0.1, -0.05) is 382 Å². The van der Waals surface area contributed by atoms with Crippen LogP contribution in [0.4, 0.5) is 0 Å². The van der Waals surface area contributed by atoms with Crippen LogP contribution in [0.25, 0.3) is 223 Å². The van der Waals surface area contributed by atoms with Gasteiger partial charge in [0.2, 0.25) is 0 Å². The van der Waals surface area contributed by atoms with Gasteiger partial charge in [-0.05, 0) is 254 Å². The Morgan fingerprint density at radius 2 is 0.450 bits per heavy atom. The number of benzene rings is 23. The third-order valence-electron chi connectivity index (χ3n) is 31.0. The number of fused-ring (bicyclic) bond motifs is 22. The molecule has 0 spiro atoms. The Kier molecular flexibility index (Phi) is 20.1. The van der Waals surface area contributed by atoms with Crippen LogP contribution in [-0.4, -0.2) is 22.6 Å². The first-order valence-corrected chi connectivity index (χ1v) is 52.6. The number of rotatable bonds is 13. The van der Waals surface area contributed by atoms with Crippen LogP contribution in [0, 0.1) is 0 Å². The molecule has 10 heteroatoms. The summed E-state index contributed by atoms with van der Waals surface area (Å²) in [6.45, 7) is -0.0260. The van der Waals surface area contributed by atoms with Crippen LogP contribution in [0.2, 0.25) is 0 Å².